The zero-order valence-corrected chi connectivity index (χ0v) is 17.5. The van der Waals surface area contributed by atoms with Gasteiger partial charge in [0.1, 0.15) is 5.82 Å². The summed E-state index contributed by atoms with van der Waals surface area (Å²) in [6.45, 7) is 0.0917. The Kier molecular flexibility index (Phi) is 5.04. The number of fused-ring (bicyclic) bond motifs is 1. The zero-order chi connectivity index (χ0) is 22.2. The molecule has 0 unspecified atom stereocenters. The molecule has 0 saturated carbocycles. The molecule has 0 saturated heterocycles. The van der Waals surface area contributed by atoms with Crippen LogP contribution in [0.4, 0.5) is 4.39 Å². The van der Waals surface area contributed by atoms with Gasteiger partial charge in [0.25, 0.3) is 11.8 Å². The maximum atomic E-state index is 13.5. The summed E-state index contributed by atoms with van der Waals surface area (Å²) in [5.74, 6) is -0.983. The van der Waals surface area contributed by atoms with Gasteiger partial charge in [0, 0.05) is 22.3 Å². The van der Waals surface area contributed by atoms with Gasteiger partial charge in [-0.2, -0.15) is 0 Å². The molecule has 1 aliphatic rings. The number of carbonyl (C=O) groups excluding carboxylic acids is 2. The van der Waals surface area contributed by atoms with Crippen molar-refractivity contribution in [2.45, 2.75) is 6.54 Å². The van der Waals surface area contributed by atoms with Crippen molar-refractivity contribution in [2.24, 2.45) is 0 Å². The molecule has 0 N–H and O–H groups in total. The van der Waals surface area contributed by atoms with Gasteiger partial charge in [0.15, 0.2) is 0 Å². The van der Waals surface area contributed by atoms with Gasteiger partial charge in [-0.05, 0) is 53.6 Å². The number of rotatable bonds is 4. The molecule has 0 spiro atoms. The van der Waals surface area contributed by atoms with Gasteiger partial charge < -0.3 is 0 Å². The van der Waals surface area contributed by atoms with E-state index in [0.717, 1.165) is 16.7 Å². The number of benzene rings is 3. The molecule has 4 nitrogen and oxygen atoms in total. The standard InChI is InChI=1S/C26H16ClFN2O2/c27-19-9-5-18(6-10-19)24-23(17-7-11-20(28)12-8-17)13-16(14-29-24)15-30-25(31)21-3-1-2-4-22(21)26(30)32/h1-14H,15H2. The van der Waals surface area contributed by atoms with Crippen LogP contribution in [-0.4, -0.2) is 21.7 Å². The summed E-state index contributed by atoms with van der Waals surface area (Å²) in [6.07, 6.45) is 1.65. The molecule has 2 amide bonds. The second kappa shape index (κ2) is 8.02. The van der Waals surface area contributed by atoms with Crippen LogP contribution in [0.5, 0.6) is 0 Å². The van der Waals surface area contributed by atoms with E-state index in [9.17, 15) is 14.0 Å². The Morgan fingerprint density at radius 1 is 0.781 bits per heavy atom. The molecule has 5 rings (SSSR count). The Balaban J connectivity index is 1.55. The van der Waals surface area contributed by atoms with Crippen molar-refractivity contribution >= 4 is 23.4 Å². The first-order chi connectivity index (χ1) is 15.5. The number of carbonyl (C=O) groups is 2. The van der Waals surface area contributed by atoms with Gasteiger partial charge in [-0.25, -0.2) is 4.39 Å². The third kappa shape index (κ3) is 3.57. The topological polar surface area (TPSA) is 50.3 Å². The highest BCUT2D eigenvalue weighted by Gasteiger charge is 2.35. The normalized spacial score (nSPS) is 12.9. The van der Waals surface area contributed by atoms with Crippen LogP contribution in [0, 0.1) is 5.82 Å². The lowest BCUT2D eigenvalue weighted by molar-refractivity contribution is 0.0642. The Bertz CT molecular complexity index is 1320. The third-order valence-corrected chi connectivity index (χ3v) is 5.69. The predicted molar refractivity (Wildman–Crippen MR) is 121 cm³/mol. The SMILES string of the molecule is O=C1c2ccccc2C(=O)N1Cc1cnc(-c2ccc(Cl)cc2)c(-c2ccc(F)cc2)c1. The van der Waals surface area contributed by atoms with Gasteiger partial charge in [-0.1, -0.05) is 48.0 Å². The predicted octanol–water partition coefficient (Wildman–Crippen LogP) is 6.00. The highest BCUT2D eigenvalue weighted by atomic mass is 35.5. The van der Waals surface area contributed by atoms with Crippen LogP contribution in [0.2, 0.25) is 5.02 Å². The fraction of sp³-hybridized carbons (Fsp3) is 0.0385. The molecular weight excluding hydrogens is 427 g/mol. The lowest BCUT2D eigenvalue weighted by atomic mass is 9.97. The Morgan fingerprint density at radius 3 is 2.00 bits per heavy atom. The maximum absolute atomic E-state index is 13.5. The van der Waals surface area contributed by atoms with Gasteiger partial charge in [0.2, 0.25) is 0 Å². The van der Waals surface area contributed by atoms with Crippen molar-refractivity contribution in [3.63, 3.8) is 0 Å². The maximum Gasteiger partial charge on any atom is 0.261 e. The lowest BCUT2D eigenvalue weighted by Crippen LogP contribution is -2.29. The fourth-order valence-electron chi connectivity index (χ4n) is 3.85. The number of pyridine rings is 1. The van der Waals surface area contributed by atoms with Crippen LogP contribution in [0.15, 0.2) is 85.1 Å². The lowest BCUT2D eigenvalue weighted by Gasteiger charge is -2.16. The van der Waals surface area contributed by atoms with E-state index in [1.807, 2.05) is 18.2 Å². The largest absolute Gasteiger partial charge is 0.270 e. The van der Waals surface area contributed by atoms with Crippen molar-refractivity contribution in [2.75, 3.05) is 0 Å². The summed E-state index contributed by atoms with van der Waals surface area (Å²) in [5.41, 5.74) is 4.58. The first kappa shape index (κ1) is 20.1. The van der Waals surface area contributed by atoms with Gasteiger partial charge in [0.05, 0.1) is 23.4 Å². The van der Waals surface area contributed by atoms with E-state index in [0.29, 0.717) is 27.4 Å². The minimum absolute atomic E-state index is 0.0917. The van der Waals surface area contributed by atoms with E-state index < -0.39 is 0 Å². The molecule has 0 atom stereocenters. The first-order valence-corrected chi connectivity index (χ1v) is 10.3. The number of imide groups is 1. The van der Waals surface area contributed by atoms with Crippen molar-refractivity contribution in [3.8, 4) is 22.4 Å². The Hall–Kier alpha value is -3.83. The molecule has 0 aliphatic carbocycles. The average Bonchev–Trinajstić information content (AvgIpc) is 3.05. The summed E-state index contributed by atoms with van der Waals surface area (Å²) in [5, 5.41) is 0.610. The van der Waals surface area contributed by atoms with E-state index in [1.165, 1.54) is 17.0 Å². The minimum atomic E-state index is -0.336. The van der Waals surface area contributed by atoms with Crippen LogP contribution in [0.1, 0.15) is 26.3 Å². The molecule has 2 heterocycles. The highest BCUT2D eigenvalue weighted by molar-refractivity contribution is 6.30. The molecule has 0 radical (unpaired) electrons. The number of hydrogen-bond donors (Lipinski definition) is 0. The number of halogens is 2. The van der Waals surface area contributed by atoms with Crippen molar-refractivity contribution < 1.29 is 14.0 Å². The second-order valence-electron chi connectivity index (χ2n) is 7.50. The molecule has 1 aliphatic heterocycles. The average molecular weight is 443 g/mol. The molecule has 0 bridgehead atoms. The van der Waals surface area contributed by atoms with E-state index >= 15 is 0 Å². The van der Waals surface area contributed by atoms with E-state index in [4.69, 9.17) is 11.6 Å². The number of nitrogens with zero attached hydrogens (tertiary/aromatic N) is 2. The quantitative estimate of drug-likeness (QED) is 0.364. The fourth-order valence-corrected chi connectivity index (χ4v) is 3.97. The molecule has 3 aromatic carbocycles. The molecule has 0 fully saturated rings. The van der Waals surface area contributed by atoms with Crippen LogP contribution in [0.25, 0.3) is 22.4 Å². The van der Waals surface area contributed by atoms with Crippen LogP contribution in [-0.2, 0) is 6.54 Å². The summed E-state index contributed by atoms with van der Waals surface area (Å²) in [7, 11) is 0. The Morgan fingerprint density at radius 2 is 1.38 bits per heavy atom. The summed E-state index contributed by atoms with van der Waals surface area (Å²) in [6, 6.07) is 22.1. The smallest absolute Gasteiger partial charge is 0.261 e. The monoisotopic (exact) mass is 442 g/mol. The second-order valence-corrected chi connectivity index (χ2v) is 7.93. The van der Waals surface area contributed by atoms with Gasteiger partial charge in [-0.3, -0.25) is 19.5 Å². The Labute approximate surface area is 188 Å². The zero-order valence-electron chi connectivity index (χ0n) is 16.8. The van der Waals surface area contributed by atoms with E-state index in [2.05, 4.69) is 4.98 Å². The molecule has 6 heteroatoms. The van der Waals surface area contributed by atoms with E-state index in [-0.39, 0.29) is 24.2 Å². The highest BCUT2D eigenvalue weighted by Crippen LogP contribution is 2.33. The van der Waals surface area contributed by atoms with Crippen molar-refractivity contribution in [1.29, 1.82) is 0 Å². The minimum Gasteiger partial charge on any atom is -0.270 e. The van der Waals surface area contributed by atoms with Gasteiger partial charge >= 0.3 is 0 Å². The molecule has 32 heavy (non-hydrogen) atoms. The first-order valence-electron chi connectivity index (χ1n) is 9.97. The summed E-state index contributed by atoms with van der Waals surface area (Å²) >= 11 is 6.03. The number of hydrogen-bond acceptors (Lipinski definition) is 3. The van der Waals surface area contributed by atoms with E-state index in [1.54, 1.807) is 54.7 Å². The molecule has 156 valence electrons. The summed E-state index contributed by atoms with van der Waals surface area (Å²) < 4.78 is 13.5. The number of amides is 2. The van der Waals surface area contributed by atoms with Crippen LogP contribution in [0.3, 0.4) is 0 Å². The number of aromatic nitrogens is 1. The van der Waals surface area contributed by atoms with Crippen molar-refractivity contribution in [1.82, 2.24) is 9.88 Å². The van der Waals surface area contributed by atoms with Crippen LogP contribution < -0.4 is 0 Å². The third-order valence-electron chi connectivity index (χ3n) is 5.44. The van der Waals surface area contributed by atoms with Gasteiger partial charge in [-0.15, -0.1) is 0 Å². The molecule has 1 aromatic heterocycles. The summed E-state index contributed by atoms with van der Waals surface area (Å²) in [4.78, 5) is 31.4. The van der Waals surface area contributed by atoms with Crippen LogP contribution >= 0.6 is 11.6 Å². The molecular formula is C26H16ClFN2O2. The molecule has 4 aromatic rings. The van der Waals surface area contributed by atoms with Crippen molar-refractivity contribution in [3.05, 3.63) is 113 Å².